The maximum atomic E-state index is 13.2. The van der Waals surface area contributed by atoms with E-state index in [9.17, 15) is 19.8 Å². The van der Waals surface area contributed by atoms with Gasteiger partial charge in [-0.3, -0.25) is 9.59 Å². The van der Waals surface area contributed by atoms with Gasteiger partial charge in [0.05, 0.1) is 25.2 Å². The number of carbonyl (C=O) groups excluding carboxylic acids is 2. The number of hydrogen-bond acceptors (Lipinski definition) is 5. The fraction of sp³-hybridized carbons (Fsp3) is 0.690. The molecule has 0 aliphatic rings. The Bertz CT molecular complexity index is 1270. The zero-order valence-corrected chi connectivity index (χ0v) is 41.6. The number of carbonyl (C=O) groups is 2. The molecule has 0 aliphatic carbocycles. The third kappa shape index (κ3) is 45.4. The van der Waals surface area contributed by atoms with Gasteiger partial charge in [0.25, 0.3) is 0 Å². The van der Waals surface area contributed by atoms with Gasteiger partial charge >= 0.3 is 5.97 Å². The molecule has 0 fully saturated rings. The molecule has 0 aromatic heterocycles. The summed E-state index contributed by atoms with van der Waals surface area (Å²) < 4.78 is 5.86. The van der Waals surface area contributed by atoms with Crippen LogP contribution < -0.4 is 5.32 Å². The molecular weight excluding hydrogens is 791 g/mol. The number of unbranched alkanes of at least 4 members (excludes halogenated alkanes) is 19. The van der Waals surface area contributed by atoms with Crippen LogP contribution in [0.2, 0.25) is 0 Å². The zero-order valence-electron chi connectivity index (χ0n) is 41.6. The highest BCUT2D eigenvalue weighted by Gasteiger charge is 2.23. The summed E-state index contributed by atoms with van der Waals surface area (Å²) in [7, 11) is 0. The highest BCUT2D eigenvalue weighted by Crippen LogP contribution is 2.15. The number of allylic oxidation sites excluding steroid dienone is 15. The number of aliphatic hydroxyl groups excluding tert-OH is 2. The molecule has 1 amide bonds. The van der Waals surface area contributed by atoms with E-state index in [2.05, 4.69) is 111 Å². The number of ether oxygens (including phenoxy) is 1. The number of aliphatic hydroxyl groups is 2. The lowest BCUT2D eigenvalue weighted by atomic mass is 10.0. The van der Waals surface area contributed by atoms with Crippen LogP contribution in [-0.2, 0) is 14.3 Å². The summed E-state index contributed by atoms with van der Waals surface area (Å²) in [6, 6.07) is -0.742. The summed E-state index contributed by atoms with van der Waals surface area (Å²) in [5.74, 6) is -0.619. The third-order valence-corrected chi connectivity index (χ3v) is 11.4. The van der Waals surface area contributed by atoms with Crippen LogP contribution in [0.3, 0.4) is 0 Å². The fourth-order valence-electron chi connectivity index (χ4n) is 7.33. The van der Waals surface area contributed by atoms with E-state index in [0.29, 0.717) is 19.3 Å². The minimum absolute atomic E-state index is 0.0164. The quantitative estimate of drug-likeness (QED) is 0.0321. The van der Waals surface area contributed by atoms with Crippen molar-refractivity contribution in [2.75, 3.05) is 6.61 Å². The Labute approximate surface area is 395 Å². The van der Waals surface area contributed by atoms with Crippen LogP contribution in [0.5, 0.6) is 0 Å². The van der Waals surface area contributed by atoms with Crippen molar-refractivity contribution in [2.45, 2.75) is 251 Å². The molecule has 0 saturated carbocycles. The SMILES string of the molecule is CCCCC/C=C\C/C=C\C/C=C\C/C=C\CCCCCC(=O)OC(C/C=C\C/C=C\C/C=C\C/C=C\CCCCC)CC(=O)NC(CO)C(O)CCCCCCCCCCCCC. The molecule has 0 saturated heterocycles. The van der Waals surface area contributed by atoms with Crippen LogP contribution in [0.15, 0.2) is 97.2 Å². The second-order valence-corrected chi connectivity index (χ2v) is 17.6. The molecule has 0 radical (unpaired) electrons. The Morgan fingerprint density at radius 2 is 0.828 bits per heavy atom. The lowest BCUT2D eigenvalue weighted by molar-refractivity contribution is -0.150. The molecule has 0 spiro atoms. The van der Waals surface area contributed by atoms with Gasteiger partial charge < -0.3 is 20.3 Å². The highest BCUT2D eigenvalue weighted by atomic mass is 16.5. The summed E-state index contributed by atoms with van der Waals surface area (Å²) in [5.41, 5.74) is 0. The minimum atomic E-state index is -0.821. The van der Waals surface area contributed by atoms with E-state index in [4.69, 9.17) is 4.74 Å². The smallest absolute Gasteiger partial charge is 0.306 e. The van der Waals surface area contributed by atoms with E-state index in [1.54, 1.807) is 0 Å². The molecule has 3 unspecified atom stereocenters. The molecular formula is C58H99NO5. The van der Waals surface area contributed by atoms with Crippen molar-refractivity contribution < 1.29 is 24.5 Å². The van der Waals surface area contributed by atoms with Crippen LogP contribution in [0.1, 0.15) is 233 Å². The fourth-order valence-corrected chi connectivity index (χ4v) is 7.33. The molecule has 0 aromatic carbocycles. The molecule has 0 aliphatic heterocycles. The van der Waals surface area contributed by atoms with E-state index < -0.39 is 18.2 Å². The van der Waals surface area contributed by atoms with Crippen molar-refractivity contribution in [1.82, 2.24) is 5.32 Å². The molecule has 0 bridgehead atoms. The van der Waals surface area contributed by atoms with Crippen molar-refractivity contribution in [3.63, 3.8) is 0 Å². The monoisotopic (exact) mass is 890 g/mol. The van der Waals surface area contributed by atoms with Crippen molar-refractivity contribution >= 4 is 11.9 Å². The van der Waals surface area contributed by atoms with Gasteiger partial charge in [-0.05, 0) is 89.9 Å². The number of rotatable bonds is 46. The van der Waals surface area contributed by atoms with Crippen molar-refractivity contribution in [1.29, 1.82) is 0 Å². The van der Waals surface area contributed by atoms with Gasteiger partial charge in [-0.15, -0.1) is 0 Å². The predicted octanol–water partition coefficient (Wildman–Crippen LogP) is 16.1. The Morgan fingerprint density at radius 1 is 0.469 bits per heavy atom. The van der Waals surface area contributed by atoms with Crippen LogP contribution in [-0.4, -0.2) is 46.9 Å². The van der Waals surface area contributed by atoms with Gasteiger partial charge in [-0.2, -0.15) is 0 Å². The van der Waals surface area contributed by atoms with Gasteiger partial charge in [-0.1, -0.05) is 221 Å². The third-order valence-electron chi connectivity index (χ3n) is 11.4. The van der Waals surface area contributed by atoms with Crippen LogP contribution in [0, 0.1) is 0 Å². The van der Waals surface area contributed by atoms with Gasteiger partial charge in [0.15, 0.2) is 0 Å². The van der Waals surface area contributed by atoms with Crippen molar-refractivity contribution in [2.24, 2.45) is 0 Å². The second kappa shape index (κ2) is 50.8. The maximum Gasteiger partial charge on any atom is 0.306 e. The van der Waals surface area contributed by atoms with E-state index in [-0.39, 0.29) is 24.9 Å². The molecule has 3 N–H and O–H groups in total. The molecule has 0 heterocycles. The van der Waals surface area contributed by atoms with Gasteiger partial charge in [0.1, 0.15) is 6.10 Å². The first kappa shape index (κ1) is 60.8. The van der Waals surface area contributed by atoms with Gasteiger partial charge in [0, 0.05) is 12.8 Å². The van der Waals surface area contributed by atoms with Gasteiger partial charge in [0.2, 0.25) is 5.91 Å². The van der Waals surface area contributed by atoms with E-state index >= 15 is 0 Å². The second-order valence-electron chi connectivity index (χ2n) is 17.6. The standard InChI is InChI=1S/C58H99NO5/c1-4-7-10-13-16-19-22-24-26-27-28-29-31-33-36-39-42-45-48-51-58(63)64-54(49-46-43-40-37-35-32-30-25-23-20-17-14-11-8-5-2)52-57(62)59-55(53-60)56(61)50-47-44-41-38-34-21-18-15-12-9-6-3/h16-17,19-20,24-26,28-30,33,35-37,43,46,54-56,60-61H,4-15,18,21-23,27,31-32,34,38-42,44-45,47-53H2,1-3H3,(H,59,62)/b19-16-,20-17-,26-24-,29-28-,30-25-,36-33-,37-35-,46-43-. The first-order chi connectivity index (χ1) is 31.5. The lowest BCUT2D eigenvalue weighted by Gasteiger charge is -2.24. The molecule has 6 heteroatoms. The van der Waals surface area contributed by atoms with Crippen LogP contribution in [0.25, 0.3) is 0 Å². The summed E-state index contributed by atoms with van der Waals surface area (Å²) in [6.07, 6.45) is 67.6. The summed E-state index contributed by atoms with van der Waals surface area (Å²) in [5, 5.41) is 23.7. The van der Waals surface area contributed by atoms with Gasteiger partial charge in [-0.25, -0.2) is 0 Å². The van der Waals surface area contributed by atoms with Crippen molar-refractivity contribution in [3.8, 4) is 0 Å². The molecule has 64 heavy (non-hydrogen) atoms. The molecule has 3 atom stereocenters. The average Bonchev–Trinajstić information content (AvgIpc) is 3.29. The number of esters is 1. The Morgan fingerprint density at radius 3 is 1.27 bits per heavy atom. The highest BCUT2D eigenvalue weighted by molar-refractivity contribution is 5.77. The Balaban J connectivity index is 4.77. The van der Waals surface area contributed by atoms with E-state index in [1.165, 1.54) is 96.3 Å². The summed E-state index contributed by atoms with van der Waals surface area (Å²) in [6.45, 7) is 6.38. The maximum absolute atomic E-state index is 13.2. The lowest BCUT2D eigenvalue weighted by Crippen LogP contribution is -2.46. The largest absolute Gasteiger partial charge is 0.461 e. The summed E-state index contributed by atoms with van der Waals surface area (Å²) >= 11 is 0. The topological polar surface area (TPSA) is 95.9 Å². The first-order valence-corrected chi connectivity index (χ1v) is 26.5. The number of amides is 1. The molecule has 0 aromatic rings. The number of hydrogen-bond donors (Lipinski definition) is 3. The van der Waals surface area contributed by atoms with E-state index in [1.807, 2.05) is 12.2 Å². The normalized spacial score (nSPS) is 14.0. The van der Waals surface area contributed by atoms with Crippen molar-refractivity contribution in [3.05, 3.63) is 97.2 Å². The van der Waals surface area contributed by atoms with E-state index in [0.717, 1.165) is 89.9 Å². The van der Waals surface area contributed by atoms with Crippen LogP contribution >= 0.6 is 0 Å². The molecule has 6 nitrogen and oxygen atoms in total. The first-order valence-electron chi connectivity index (χ1n) is 26.5. The Kier molecular flexibility index (Phi) is 48.2. The zero-order chi connectivity index (χ0) is 46.7. The predicted molar refractivity (Wildman–Crippen MR) is 277 cm³/mol. The molecule has 366 valence electrons. The molecule has 0 rings (SSSR count). The Hall–Kier alpha value is -3.22. The van der Waals surface area contributed by atoms with Crippen LogP contribution in [0.4, 0.5) is 0 Å². The summed E-state index contributed by atoms with van der Waals surface area (Å²) in [4.78, 5) is 26.1. The minimum Gasteiger partial charge on any atom is -0.461 e. The number of nitrogens with one attached hydrogen (secondary N) is 1. The average molecular weight is 890 g/mol.